The van der Waals surface area contributed by atoms with Crippen molar-refractivity contribution in [3.05, 3.63) is 78.6 Å². The fourth-order valence-electron chi connectivity index (χ4n) is 4.01. The van der Waals surface area contributed by atoms with Crippen LogP contribution in [0.2, 0.25) is 0 Å². The summed E-state index contributed by atoms with van der Waals surface area (Å²) in [6.45, 7) is 0.337. The molecule has 2 aromatic carbocycles. The number of hydrogen-bond donors (Lipinski definition) is 1. The van der Waals surface area contributed by atoms with Crippen LogP contribution in [0.4, 0.5) is 11.6 Å². The lowest BCUT2D eigenvalue weighted by Crippen LogP contribution is -2.31. The van der Waals surface area contributed by atoms with Crippen molar-refractivity contribution in [2.45, 2.75) is 19.0 Å². The fraction of sp³-hybridized carbons (Fsp3) is 0.167. The van der Waals surface area contributed by atoms with Gasteiger partial charge < -0.3 is 10.1 Å². The molecule has 0 saturated carbocycles. The molecule has 32 heavy (non-hydrogen) atoms. The zero-order valence-corrected chi connectivity index (χ0v) is 17.4. The number of carbonyl (C=O) groups is 2. The molecule has 5 rings (SSSR count). The maximum Gasteiger partial charge on any atom is 0.253 e. The van der Waals surface area contributed by atoms with Crippen molar-refractivity contribution in [3.63, 3.8) is 0 Å². The normalized spacial score (nSPS) is 15.1. The second-order valence-electron chi connectivity index (χ2n) is 7.56. The summed E-state index contributed by atoms with van der Waals surface area (Å²) in [5, 5.41) is 2.87. The Hall–Kier alpha value is -4.20. The quantitative estimate of drug-likeness (QED) is 0.508. The lowest BCUT2D eigenvalue weighted by atomic mass is 10.1. The van der Waals surface area contributed by atoms with Gasteiger partial charge in [-0.25, -0.2) is 4.98 Å². The first-order chi connectivity index (χ1) is 15.6. The molecule has 160 valence electrons. The van der Waals surface area contributed by atoms with Crippen molar-refractivity contribution >= 4 is 34.5 Å². The summed E-state index contributed by atoms with van der Waals surface area (Å²) in [4.78, 5) is 36.7. The van der Waals surface area contributed by atoms with Gasteiger partial charge in [0.25, 0.3) is 5.91 Å². The van der Waals surface area contributed by atoms with E-state index in [1.807, 2.05) is 41.0 Å². The van der Waals surface area contributed by atoms with Gasteiger partial charge in [0, 0.05) is 24.1 Å². The third kappa shape index (κ3) is 3.56. The maximum atomic E-state index is 13.4. The van der Waals surface area contributed by atoms with Crippen LogP contribution < -0.4 is 15.0 Å². The van der Waals surface area contributed by atoms with Crippen molar-refractivity contribution in [1.82, 2.24) is 14.5 Å². The number of anilines is 2. The SMILES string of the molecule is COc1cccc(NC(=O)CC2C(=O)N(Cc3cccnc3)c3nc4ccccc4n32)c1. The number of nitrogens with one attached hydrogen (secondary N) is 1. The van der Waals surface area contributed by atoms with E-state index in [1.54, 1.807) is 48.7 Å². The highest BCUT2D eigenvalue weighted by molar-refractivity contribution is 6.05. The average molecular weight is 427 g/mol. The number of hydrogen-bond acceptors (Lipinski definition) is 5. The standard InChI is InChI=1S/C24H21N5O3/c1-32-18-8-4-7-17(12-18)26-22(30)13-21-23(31)28(15-16-6-5-11-25-14-16)24-27-19-9-2-3-10-20(19)29(21)24/h2-12,14,21H,13,15H2,1H3,(H,26,30). The molecule has 0 bridgehead atoms. The highest BCUT2D eigenvalue weighted by Gasteiger charge is 2.40. The van der Waals surface area contributed by atoms with E-state index in [9.17, 15) is 9.59 Å². The summed E-state index contributed by atoms with van der Waals surface area (Å²) in [7, 11) is 1.57. The van der Waals surface area contributed by atoms with Gasteiger partial charge in [-0.2, -0.15) is 0 Å². The Bertz CT molecular complexity index is 1300. The Morgan fingerprint density at radius 2 is 2.00 bits per heavy atom. The van der Waals surface area contributed by atoms with Crippen LogP contribution in [0.25, 0.3) is 11.0 Å². The Balaban J connectivity index is 1.45. The maximum absolute atomic E-state index is 13.4. The predicted octanol–water partition coefficient (Wildman–Crippen LogP) is 3.56. The number of para-hydroxylation sites is 2. The van der Waals surface area contributed by atoms with Crippen molar-refractivity contribution in [1.29, 1.82) is 0 Å². The van der Waals surface area contributed by atoms with Gasteiger partial charge in [0.2, 0.25) is 11.9 Å². The third-order valence-electron chi connectivity index (χ3n) is 5.48. The molecule has 4 aromatic rings. The molecule has 1 atom stereocenters. The van der Waals surface area contributed by atoms with Crippen molar-refractivity contribution in [2.75, 3.05) is 17.3 Å². The molecule has 0 saturated heterocycles. The number of carbonyl (C=O) groups excluding carboxylic acids is 2. The molecule has 1 N–H and O–H groups in total. The van der Waals surface area contributed by atoms with Crippen molar-refractivity contribution in [3.8, 4) is 5.75 Å². The number of nitrogens with zero attached hydrogens (tertiary/aromatic N) is 4. The molecule has 0 spiro atoms. The molecule has 8 heteroatoms. The second-order valence-corrected chi connectivity index (χ2v) is 7.56. The van der Waals surface area contributed by atoms with Crippen LogP contribution in [0, 0.1) is 0 Å². The number of amides is 2. The summed E-state index contributed by atoms with van der Waals surface area (Å²) < 4.78 is 7.07. The van der Waals surface area contributed by atoms with E-state index in [1.165, 1.54) is 0 Å². The number of imidazole rings is 1. The van der Waals surface area contributed by atoms with Crippen LogP contribution in [0.15, 0.2) is 73.1 Å². The number of benzene rings is 2. The second kappa shape index (κ2) is 8.14. The summed E-state index contributed by atoms with van der Waals surface area (Å²) in [6.07, 6.45) is 3.41. The first-order valence-corrected chi connectivity index (χ1v) is 10.2. The molecule has 3 heterocycles. The lowest BCUT2D eigenvalue weighted by molar-refractivity contribution is -0.124. The van der Waals surface area contributed by atoms with Crippen LogP contribution in [-0.2, 0) is 16.1 Å². The molecule has 0 fully saturated rings. The van der Waals surface area contributed by atoms with Gasteiger partial charge in [-0.3, -0.25) is 24.0 Å². The van der Waals surface area contributed by atoms with Gasteiger partial charge in [-0.1, -0.05) is 24.3 Å². The smallest absolute Gasteiger partial charge is 0.253 e. The highest BCUT2D eigenvalue weighted by atomic mass is 16.5. The van der Waals surface area contributed by atoms with E-state index in [-0.39, 0.29) is 18.2 Å². The number of methoxy groups -OCH3 is 1. The van der Waals surface area contributed by atoms with Gasteiger partial charge in [0.1, 0.15) is 11.8 Å². The Morgan fingerprint density at radius 3 is 2.81 bits per heavy atom. The van der Waals surface area contributed by atoms with Crippen LogP contribution >= 0.6 is 0 Å². The van der Waals surface area contributed by atoms with Crippen LogP contribution in [-0.4, -0.2) is 33.5 Å². The number of rotatable bonds is 6. The Labute approximate surface area is 184 Å². The van der Waals surface area contributed by atoms with Gasteiger partial charge in [-0.05, 0) is 35.9 Å². The van der Waals surface area contributed by atoms with E-state index >= 15 is 0 Å². The third-order valence-corrected chi connectivity index (χ3v) is 5.48. The minimum Gasteiger partial charge on any atom is -0.497 e. The number of fused-ring (bicyclic) bond motifs is 3. The van der Waals surface area contributed by atoms with E-state index in [0.717, 1.165) is 16.6 Å². The van der Waals surface area contributed by atoms with Crippen LogP contribution in [0.1, 0.15) is 18.0 Å². The largest absolute Gasteiger partial charge is 0.497 e. The summed E-state index contributed by atoms with van der Waals surface area (Å²) in [5.41, 5.74) is 3.11. The molecule has 1 unspecified atom stereocenters. The van der Waals surface area contributed by atoms with E-state index in [4.69, 9.17) is 4.74 Å². The molecular weight excluding hydrogens is 406 g/mol. The van der Waals surface area contributed by atoms with Gasteiger partial charge in [0.05, 0.1) is 31.1 Å². The molecule has 1 aliphatic rings. The Kier molecular flexibility index (Phi) is 5.03. The monoisotopic (exact) mass is 427 g/mol. The molecule has 1 aliphatic heterocycles. The van der Waals surface area contributed by atoms with Gasteiger partial charge >= 0.3 is 0 Å². The number of aromatic nitrogens is 3. The minimum absolute atomic E-state index is 0.00701. The van der Waals surface area contributed by atoms with Gasteiger partial charge in [0.15, 0.2) is 0 Å². The van der Waals surface area contributed by atoms with Crippen LogP contribution in [0.3, 0.4) is 0 Å². The lowest BCUT2D eigenvalue weighted by Gasteiger charge is -2.16. The first kappa shape index (κ1) is 19.7. The van der Waals surface area contributed by atoms with Crippen molar-refractivity contribution in [2.24, 2.45) is 0 Å². The summed E-state index contributed by atoms with van der Waals surface area (Å²) >= 11 is 0. The van der Waals surface area contributed by atoms with Crippen molar-refractivity contribution < 1.29 is 14.3 Å². The first-order valence-electron chi connectivity index (χ1n) is 10.2. The molecular formula is C24H21N5O3. The molecule has 2 amide bonds. The van der Waals surface area contributed by atoms with E-state index in [2.05, 4.69) is 15.3 Å². The topological polar surface area (TPSA) is 89.3 Å². The zero-order valence-electron chi connectivity index (χ0n) is 17.4. The fourth-order valence-corrected chi connectivity index (χ4v) is 4.01. The number of pyridine rings is 1. The molecule has 0 radical (unpaired) electrons. The number of ether oxygens (including phenoxy) is 1. The molecule has 2 aromatic heterocycles. The summed E-state index contributed by atoms with van der Waals surface area (Å²) in [6, 6.07) is 17.8. The Morgan fingerprint density at radius 1 is 1.12 bits per heavy atom. The van der Waals surface area contributed by atoms with Gasteiger partial charge in [-0.15, -0.1) is 0 Å². The molecule has 8 nitrogen and oxygen atoms in total. The molecule has 0 aliphatic carbocycles. The highest BCUT2D eigenvalue weighted by Crippen LogP contribution is 2.37. The van der Waals surface area contributed by atoms with E-state index < -0.39 is 6.04 Å². The minimum atomic E-state index is -0.681. The predicted molar refractivity (Wildman–Crippen MR) is 120 cm³/mol. The van der Waals surface area contributed by atoms with E-state index in [0.29, 0.717) is 23.9 Å². The zero-order chi connectivity index (χ0) is 22.1. The summed E-state index contributed by atoms with van der Waals surface area (Å²) in [5.74, 6) is 0.760. The average Bonchev–Trinajstić information content (AvgIpc) is 3.30. The van der Waals surface area contributed by atoms with Crippen LogP contribution in [0.5, 0.6) is 5.75 Å².